The quantitative estimate of drug-likeness (QED) is 0.709. The maximum atomic E-state index is 11.7. The van der Waals surface area contributed by atoms with Gasteiger partial charge >= 0.3 is 0 Å². The molecule has 0 aromatic carbocycles. The van der Waals surface area contributed by atoms with Crippen LogP contribution in [0.4, 0.5) is 0 Å². The monoisotopic (exact) mass is 296 g/mol. The fourth-order valence-corrected chi connectivity index (χ4v) is 2.26. The zero-order chi connectivity index (χ0) is 15.8. The molecule has 1 N–H and O–H groups in total. The summed E-state index contributed by atoms with van der Waals surface area (Å²) in [5.74, 6) is -0.138. The average molecular weight is 296 g/mol. The number of unbranched alkanes of at least 4 members (excludes halogenated alkanes) is 1. The molecule has 0 unspecified atom stereocenters. The van der Waals surface area contributed by atoms with Gasteiger partial charge in [0.05, 0.1) is 5.69 Å². The number of aromatic hydroxyl groups is 1. The number of pyridine rings is 1. The summed E-state index contributed by atoms with van der Waals surface area (Å²) in [6, 6.07) is 1.49. The molecular formula is C16H28N2O3. The Morgan fingerprint density at radius 3 is 2.57 bits per heavy atom. The molecule has 0 bridgehead atoms. The molecule has 0 radical (unpaired) electrons. The van der Waals surface area contributed by atoms with Crippen LogP contribution < -0.4 is 5.43 Å². The zero-order valence-electron chi connectivity index (χ0n) is 13.7. The Morgan fingerprint density at radius 2 is 1.95 bits per heavy atom. The molecule has 0 fully saturated rings. The predicted octanol–water partition coefficient (Wildman–Crippen LogP) is 2.13. The first-order chi connectivity index (χ1) is 9.97. The molecule has 5 heteroatoms. The van der Waals surface area contributed by atoms with E-state index >= 15 is 0 Å². The number of nitrogens with zero attached hydrogens (tertiary/aromatic N) is 2. The lowest BCUT2D eigenvalue weighted by molar-refractivity contribution is 0.125. The summed E-state index contributed by atoms with van der Waals surface area (Å²) < 4.78 is 7.58. The lowest BCUT2D eigenvalue weighted by Gasteiger charge is -2.20. The first-order valence-electron chi connectivity index (χ1n) is 7.62. The van der Waals surface area contributed by atoms with Crippen LogP contribution >= 0.6 is 0 Å². The van der Waals surface area contributed by atoms with Crippen molar-refractivity contribution in [2.75, 3.05) is 27.3 Å². The minimum Gasteiger partial charge on any atom is -0.503 e. The third-order valence-electron chi connectivity index (χ3n) is 3.38. The van der Waals surface area contributed by atoms with Gasteiger partial charge in [0.2, 0.25) is 5.43 Å². The van der Waals surface area contributed by atoms with Crippen molar-refractivity contribution in [2.45, 2.75) is 46.2 Å². The highest BCUT2D eigenvalue weighted by Crippen LogP contribution is 2.16. The van der Waals surface area contributed by atoms with Gasteiger partial charge in [-0.15, -0.1) is 0 Å². The van der Waals surface area contributed by atoms with E-state index in [1.807, 2.05) is 30.5 Å². The van der Waals surface area contributed by atoms with Crippen molar-refractivity contribution < 1.29 is 9.84 Å². The van der Waals surface area contributed by atoms with E-state index in [9.17, 15) is 9.90 Å². The van der Waals surface area contributed by atoms with Crippen LogP contribution in [-0.2, 0) is 17.8 Å². The van der Waals surface area contributed by atoms with Crippen molar-refractivity contribution in [3.8, 4) is 5.75 Å². The predicted molar refractivity (Wildman–Crippen MR) is 84.8 cm³/mol. The molecule has 0 aliphatic heterocycles. The molecule has 0 spiro atoms. The standard InChI is InChI=1S/C16H28N2O3/c1-5-6-9-21-10-7-8-18-13(2)11-15(19)16(20)14(18)12-17(3)4/h11,20H,5-10,12H2,1-4H3. The van der Waals surface area contributed by atoms with Gasteiger partial charge in [0.15, 0.2) is 5.75 Å². The van der Waals surface area contributed by atoms with Crippen molar-refractivity contribution >= 4 is 0 Å². The second-order valence-corrected chi connectivity index (χ2v) is 5.65. The van der Waals surface area contributed by atoms with Gasteiger partial charge in [-0.2, -0.15) is 0 Å². The maximum absolute atomic E-state index is 11.7. The summed E-state index contributed by atoms with van der Waals surface area (Å²) >= 11 is 0. The number of hydrogen-bond donors (Lipinski definition) is 1. The topological polar surface area (TPSA) is 54.7 Å². The van der Waals surface area contributed by atoms with Gasteiger partial charge in [-0.1, -0.05) is 13.3 Å². The maximum Gasteiger partial charge on any atom is 0.223 e. The van der Waals surface area contributed by atoms with E-state index in [4.69, 9.17) is 4.74 Å². The Kier molecular flexibility index (Phi) is 7.47. The third kappa shape index (κ3) is 5.52. The largest absolute Gasteiger partial charge is 0.503 e. The van der Waals surface area contributed by atoms with Gasteiger partial charge in [-0.3, -0.25) is 4.79 Å². The van der Waals surface area contributed by atoms with Crippen LogP contribution in [0.15, 0.2) is 10.9 Å². The van der Waals surface area contributed by atoms with Crippen molar-refractivity contribution in [1.82, 2.24) is 9.47 Å². The molecule has 1 rings (SSSR count). The zero-order valence-corrected chi connectivity index (χ0v) is 13.7. The summed E-state index contributed by atoms with van der Waals surface area (Å²) in [4.78, 5) is 13.7. The smallest absolute Gasteiger partial charge is 0.223 e. The molecule has 0 aliphatic rings. The first-order valence-corrected chi connectivity index (χ1v) is 7.62. The SMILES string of the molecule is CCCCOCCCn1c(C)cc(=O)c(O)c1CN(C)C. The van der Waals surface area contributed by atoms with E-state index in [1.54, 1.807) is 0 Å². The molecule has 0 saturated carbocycles. The Morgan fingerprint density at radius 1 is 1.29 bits per heavy atom. The summed E-state index contributed by atoms with van der Waals surface area (Å²) in [6.07, 6.45) is 3.09. The minimum absolute atomic E-state index is 0.138. The molecule has 0 saturated heterocycles. The Bertz CT molecular complexity index is 495. The number of hydrogen-bond acceptors (Lipinski definition) is 4. The van der Waals surface area contributed by atoms with Crippen LogP contribution in [0, 0.1) is 6.92 Å². The minimum atomic E-state index is -0.306. The Hall–Kier alpha value is -1.33. The van der Waals surface area contributed by atoms with E-state index in [0.29, 0.717) is 18.8 Å². The Balaban J connectivity index is 2.75. The molecule has 0 aliphatic carbocycles. The summed E-state index contributed by atoms with van der Waals surface area (Å²) in [5.41, 5.74) is 1.25. The van der Waals surface area contributed by atoms with Gasteiger partial charge in [-0.05, 0) is 33.9 Å². The van der Waals surface area contributed by atoms with Crippen LogP contribution in [0.5, 0.6) is 5.75 Å². The molecule has 0 amide bonds. The number of aryl methyl sites for hydroxylation is 1. The lowest BCUT2D eigenvalue weighted by atomic mass is 10.2. The molecular weight excluding hydrogens is 268 g/mol. The van der Waals surface area contributed by atoms with E-state index in [-0.39, 0.29) is 11.2 Å². The first kappa shape index (κ1) is 17.7. The second-order valence-electron chi connectivity index (χ2n) is 5.65. The van der Waals surface area contributed by atoms with E-state index in [1.165, 1.54) is 6.07 Å². The molecule has 1 aromatic heterocycles. The van der Waals surface area contributed by atoms with Crippen molar-refractivity contribution in [2.24, 2.45) is 0 Å². The molecule has 0 atom stereocenters. The van der Waals surface area contributed by atoms with Crippen LogP contribution in [0.1, 0.15) is 37.6 Å². The fraction of sp³-hybridized carbons (Fsp3) is 0.688. The highest BCUT2D eigenvalue weighted by atomic mass is 16.5. The van der Waals surface area contributed by atoms with Crippen LogP contribution in [0.25, 0.3) is 0 Å². The molecule has 1 aromatic rings. The van der Waals surface area contributed by atoms with E-state index in [0.717, 1.165) is 38.1 Å². The average Bonchev–Trinajstić information content (AvgIpc) is 2.42. The molecule has 5 nitrogen and oxygen atoms in total. The van der Waals surface area contributed by atoms with Gasteiger partial charge in [-0.25, -0.2) is 0 Å². The molecule has 120 valence electrons. The number of aromatic nitrogens is 1. The highest BCUT2D eigenvalue weighted by Gasteiger charge is 2.13. The van der Waals surface area contributed by atoms with Gasteiger partial charge in [0.1, 0.15) is 0 Å². The van der Waals surface area contributed by atoms with E-state index in [2.05, 4.69) is 6.92 Å². The Labute approximate surface area is 127 Å². The summed E-state index contributed by atoms with van der Waals surface area (Å²) in [5, 5.41) is 10.0. The van der Waals surface area contributed by atoms with Crippen molar-refractivity contribution in [3.05, 3.63) is 27.7 Å². The van der Waals surface area contributed by atoms with Gasteiger partial charge in [0.25, 0.3) is 0 Å². The van der Waals surface area contributed by atoms with Crippen LogP contribution in [0.2, 0.25) is 0 Å². The van der Waals surface area contributed by atoms with Gasteiger partial charge in [0, 0.05) is 38.1 Å². The highest BCUT2D eigenvalue weighted by molar-refractivity contribution is 5.29. The van der Waals surface area contributed by atoms with Crippen molar-refractivity contribution in [3.63, 3.8) is 0 Å². The number of rotatable bonds is 9. The van der Waals surface area contributed by atoms with Crippen molar-refractivity contribution in [1.29, 1.82) is 0 Å². The normalized spacial score (nSPS) is 11.3. The summed E-state index contributed by atoms with van der Waals surface area (Å²) in [7, 11) is 3.84. The molecule has 1 heterocycles. The summed E-state index contributed by atoms with van der Waals surface area (Å²) in [6.45, 7) is 6.83. The lowest BCUT2D eigenvalue weighted by Crippen LogP contribution is -2.22. The van der Waals surface area contributed by atoms with Crippen LogP contribution in [-0.4, -0.2) is 41.9 Å². The second kappa shape index (κ2) is 8.85. The third-order valence-corrected chi connectivity index (χ3v) is 3.38. The fourth-order valence-electron chi connectivity index (χ4n) is 2.26. The van der Waals surface area contributed by atoms with E-state index < -0.39 is 0 Å². The van der Waals surface area contributed by atoms with Crippen LogP contribution in [0.3, 0.4) is 0 Å². The molecule has 21 heavy (non-hydrogen) atoms. The number of ether oxygens (including phenoxy) is 1. The van der Waals surface area contributed by atoms with Gasteiger partial charge < -0.3 is 19.3 Å².